The summed E-state index contributed by atoms with van der Waals surface area (Å²) in [7, 11) is -3.19. The molecule has 1 atom stereocenters. The SMILES string of the molecule is CC(C)CC1CCCCN1C(=O)NCC(C)(C)S(C)(=O)=O. The molecule has 0 aliphatic carbocycles. The fraction of sp³-hybridized carbons (Fsp3) is 0.933. The Bertz CT molecular complexity index is 458. The Balaban J connectivity index is 2.64. The summed E-state index contributed by atoms with van der Waals surface area (Å²) in [6.07, 6.45) is 5.44. The lowest BCUT2D eigenvalue weighted by Crippen LogP contribution is -2.52. The quantitative estimate of drug-likeness (QED) is 0.846. The van der Waals surface area contributed by atoms with Crippen LogP contribution in [0.4, 0.5) is 4.79 Å². The van der Waals surface area contributed by atoms with Crippen LogP contribution in [0.3, 0.4) is 0 Å². The van der Waals surface area contributed by atoms with E-state index in [-0.39, 0.29) is 18.6 Å². The number of rotatable bonds is 5. The van der Waals surface area contributed by atoms with Gasteiger partial charge in [-0.15, -0.1) is 0 Å². The van der Waals surface area contributed by atoms with Gasteiger partial charge in [0.15, 0.2) is 9.84 Å². The van der Waals surface area contributed by atoms with Gasteiger partial charge >= 0.3 is 6.03 Å². The van der Waals surface area contributed by atoms with Crippen LogP contribution in [0.2, 0.25) is 0 Å². The number of sulfone groups is 1. The number of likely N-dealkylation sites (tertiary alicyclic amines) is 1. The first-order valence-electron chi connectivity index (χ1n) is 7.78. The third-order valence-corrected chi connectivity index (χ3v) is 6.45. The van der Waals surface area contributed by atoms with Gasteiger partial charge < -0.3 is 10.2 Å². The van der Waals surface area contributed by atoms with E-state index in [9.17, 15) is 13.2 Å². The predicted octanol–water partition coefficient (Wildman–Crippen LogP) is 2.42. The van der Waals surface area contributed by atoms with Crippen molar-refractivity contribution in [1.29, 1.82) is 0 Å². The number of carbonyl (C=O) groups excluding carboxylic acids is 1. The molecule has 5 nitrogen and oxygen atoms in total. The third kappa shape index (κ3) is 5.16. The van der Waals surface area contributed by atoms with Gasteiger partial charge in [0.25, 0.3) is 0 Å². The standard InChI is InChI=1S/C15H30N2O3S/c1-12(2)10-13-8-6-7-9-17(13)14(18)16-11-15(3,4)21(5,19)20/h12-13H,6-11H2,1-5H3,(H,16,18). The lowest BCUT2D eigenvalue weighted by Gasteiger charge is -2.37. The largest absolute Gasteiger partial charge is 0.336 e. The number of hydrogen-bond donors (Lipinski definition) is 1. The van der Waals surface area contributed by atoms with E-state index >= 15 is 0 Å². The van der Waals surface area contributed by atoms with E-state index in [0.717, 1.165) is 32.2 Å². The molecule has 0 radical (unpaired) electrons. The Labute approximate surface area is 129 Å². The molecular formula is C15H30N2O3S. The molecule has 0 bridgehead atoms. The predicted molar refractivity (Wildman–Crippen MR) is 86.1 cm³/mol. The second-order valence-corrected chi connectivity index (χ2v) is 9.81. The lowest BCUT2D eigenvalue weighted by molar-refractivity contribution is 0.139. The highest BCUT2D eigenvalue weighted by atomic mass is 32.2. The van der Waals surface area contributed by atoms with Gasteiger partial charge in [0, 0.05) is 25.4 Å². The summed E-state index contributed by atoms with van der Waals surface area (Å²) in [5.74, 6) is 0.552. The van der Waals surface area contributed by atoms with Crippen LogP contribution in [0.1, 0.15) is 53.4 Å². The molecule has 1 aliphatic rings. The summed E-state index contributed by atoms with van der Waals surface area (Å²) >= 11 is 0. The minimum absolute atomic E-state index is 0.128. The van der Waals surface area contributed by atoms with Crippen molar-refractivity contribution in [3.8, 4) is 0 Å². The van der Waals surface area contributed by atoms with Gasteiger partial charge in [0.05, 0.1) is 4.75 Å². The Kier molecular flexibility index (Phi) is 6.08. The third-order valence-electron chi connectivity index (χ3n) is 4.30. The highest BCUT2D eigenvalue weighted by molar-refractivity contribution is 7.92. The number of nitrogens with zero attached hydrogens (tertiary/aromatic N) is 1. The number of amides is 2. The van der Waals surface area contributed by atoms with Gasteiger partial charge in [-0.2, -0.15) is 0 Å². The van der Waals surface area contributed by atoms with E-state index in [1.165, 1.54) is 6.26 Å². The fourth-order valence-corrected chi connectivity index (χ4v) is 2.91. The molecule has 1 fully saturated rings. The summed E-state index contributed by atoms with van der Waals surface area (Å²) in [5.41, 5.74) is 0. The van der Waals surface area contributed by atoms with Crippen LogP contribution in [-0.4, -0.2) is 49.5 Å². The Hall–Kier alpha value is -0.780. The van der Waals surface area contributed by atoms with Crippen LogP contribution in [0.15, 0.2) is 0 Å². The first-order valence-corrected chi connectivity index (χ1v) is 9.68. The molecule has 0 aromatic carbocycles. The van der Waals surface area contributed by atoms with Crippen molar-refractivity contribution in [1.82, 2.24) is 10.2 Å². The Morgan fingerprint density at radius 1 is 1.33 bits per heavy atom. The molecule has 6 heteroatoms. The first kappa shape index (κ1) is 18.3. The molecule has 1 rings (SSSR count). The van der Waals surface area contributed by atoms with Crippen LogP contribution < -0.4 is 5.32 Å². The van der Waals surface area contributed by atoms with Crippen molar-refractivity contribution in [3.63, 3.8) is 0 Å². The van der Waals surface area contributed by atoms with E-state index in [1.807, 2.05) is 4.90 Å². The second kappa shape index (κ2) is 6.99. The van der Waals surface area contributed by atoms with Crippen LogP contribution in [-0.2, 0) is 9.84 Å². The molecule has 0 aromatic heterocycles. The van der Waals surface area contributed by atoms with Crippen molar-refractivity contribution in [3.05, 3.63) is 0 Å². The van der Waals surface area contributed by atoms with Crippen molar-refractivity contribution in [2.24, 2.45) is 5.92 Å². The minimum Gasteiger partial charge on any atom is -0.336 e. The molecule has 1 aliphatic heterocycles. The first-order chi connectivity index (χ1) is 9.54. The highest BCUT2D eigenvalue weighted by Gasteiger charge is 2.33. The highest BCUT2D eigenvalue weighted by Crippen LogP contribution is 2.23. The summed E-state index contributed by atoms with van der Waals surface area (Å²) in [5, 5.41) is 2.81. The number of nitrogens with one attached hydrogen (secondary N) is 1. The molecule has 124 valence electrons. The van der Waals surface area contributed by atoms with Gasteiger partial charge in [-0.1, -0.05) is 13.8 Å². The van der Waals surface area contributed by atoms with Crippen LogP contribution in [0.5, 0.6) is 0 Å². The summed E-state index contributed by atoms with van der Waals surface area (Å²) < 4.78 is 22.4. The number of carbonyl (C=O) groups is 1. The lowest BCUT2D eigenvalue weighted by atomic mass is 9.94. The molecule has 2 amide bonds. The molecule has 1 saturated heterocycles. The zero-order valence-corrected chi connectivity index (χ0v) is 14.8. The molecule has 1 unspecified atom stereocenters. The number of urea groups is 1. The Morgan fingerprint density at radius 3 is 2.48 bits per heavy atom. The zero-order chi connectivity index (χ0) is 16.3. The van der Waals surface area contributed by atoms with Crippen LogP contribution in [0, 0.1) is 5.92 Å². The van der Waals surface area contributed by atoms with Crippen LogP contribution in [0.25, 0.3) is 0 Å². The fourth-order valence-electron chi connectivity index (χ4n) is 2.58. The molecule has 1 N–H and O–H groups in total. The van der Waals surface area contributed by atoms with Crippen molar-refractivity contribution < 1.29 is 13.2 Å². The molecular weight excluding hydrogens is 288 g/mol. The van der Waals surface area contributed by atoms with E-state index in [0.29, 0.717) is 5.92 Å². The topological polar surface area (TPSA) is 66.5 Å². The van der Waals surface area contributed by atoms with Gasteiger partial charge in [-0.25, -0.2) is 13.2 Å². The monoisotopic (exact) mass is 318 g/mol. The summed E-state index contributed by atoms with van der Waals surface area (Å²) in [6.45, 7) is 8.53. The number of hydrogen-bond acceptors (Lipinski definition) is 3. The van der Waals surface area contributed by atoms with Gasteiger partial charge in [0.2, 0.25) is 0 Å². The second-order valence-electron chi connectivity index (χ2n) is 7.16. The Morgan fingerprint density at radius 2 is 1.95 bits per heavy atom. The summed E-state index contributed by atoms with van der Waals surface area (Å²) in [6, 6.07) is 0.150. The normalized spacial score (nSPS) is 20.7. The molecule has 1 heterocycles. The van der Waals surface area contributed by atoms with E-state index < -0.39 is 14.6 Å². The maximum absolute atomic E-state index is 12.4. The van der Waals surface area contributed by atoms with Gasteiger partial charge in [-0.3, -0.25) is 0 Å². The molecule has 0 spiro atoms. The van der Waals surface area contributed by atoms with E-state index in [1.54, 1.807) is 13.8 Å². The van der Waals surface area contributed by atoms with Crippen molar-refractivity contribution in [2.75, 3.05) is 19.3 Å². The zero-order valence-electron chi connectivity index (χ0n) is 14.0. The minimum atomic E-state index is -3.19. The van der Waals surface area contributed by atoms with Crippen molar-refractivity contribution in [2.45, 2.75) is 64.2 Å². The van der Waals surface area contributed by atoms with Crippen molar-refractivity contribution >= 4 is 15.9 Å². The van der Waals surface area contributed by atoms with Gasteiger partial charge in [0.1, 0.15) is 0 Å². The smallest absolute Gasteiger partial charge is 0.317 e. The van der Waals surface area contributed by atoms with Crippen LogP contribution >= 0.6 is 0 Å². The van der Waals surface area contributed by atoms with Gasteiger partial charge in [-0.05, 0) is 45.4 Å². The van der Waals surface area contributed by atoms with E-state index in [4.69, 9.17) is 0 Å². The van der Waals surface area contributed by atoms with E-state index in [2.05, 4.69) is 19.2 Å². The summed E-state index contributed by atoms with van der Waals surface area (Å²) in [4.78, 5) is 14.3. The maximum atomic E-state index is 12.4. The number of piperidine rings is 1. The molecule has 0 aromatic rings. The molecule has 21 heavy (non-hydrogen) atoms. The maximum Gasteiger partial charge on any atom is 0.317 e. The average Bonchev–Trinajstić information content (AvgIpc) is 2.34. The average molecular weight is 318 g/mol. The molecule has 0 saturated carbocycles.